The number of carboxylic acid groups (broad SMARTS) is 1. The van der Waals surface area contributed by atoms with E-state index in [2.05, 4.69) is 47.0 Å². The Morgan fingerprint density at radius 1 is 1.17 bits per heavy atom. The normalized spacial score (nSPS) is 22.6. The van der Waals surface area contributed by atoms with Gasteiger partial charge >= 0.3 is 6.09 Å². The predicted molar refractivity (Wildman–Crippen MR) is 159 cm³/mol. The summed E-state index contributed by atoms with van der Waals surface area (Å²) in [6.07, 6.45) is 1.66. The van der Waals surface area contributed by atoms with E-state index in [1.807, 2.05) is 60.7 Å². The lowest BCUT2D eigenvalue weighted by Crippen LogP contribution is -2.67. The summed E-state index contributed by atoms with van der Waals surface area (Å²) in [5, 5.41) is 35.6. The Morgan fingerprint density at radius 3 is 2.29 bits per heavy atom. The molecular formula is C29H30ClN5O6Si. The van der Waals surface area contributed by atoms with Crippen LogP contribution in [0.15, 0.2) is 67.0 Å². The molecule has 4 N–H and O–H groups in total. The summed E-state index contributed by atoms with van der Waals surface area (Å²) < 4.78 is 14.5. The zero-order valence-corrected chi connectivity index (χ0v) is 24.9. The first kappa shape index (κ1) is 29.7. The lowest BCUT2D eigenvalue weighted by atomic mass is 9.93. The van der Waals surface area contributed by atoms with Gasteiger partial charge in [0.25, 0.3) is 8.32 Å². The molecule has 0 radical (unpaired) electrons. The number of fused-ring (bicyclic) bond motifs is 1. The molecule has 0 aliphatic carbocycles. The van der Waals surface area contributed by atoms with Gasteiger partial charge in [-0.05, 0) is 27.0 Å². The Kier molecular flexibility index (Phi) is 7.84. The van der Waals surface area contributed by atoms with E-state index < -0.39 is 38.4 Å². The van der Waals surface area contributed by atoms with E-state index in [0.717, 1.165) is 10.4 Å². The zero-order valence-electron chi connectivity index (χ0n) is 23.1. The highest BCUT2D eigenvalue weighted by atomic mass is 35.5. The molecule has 2 aromatic heterocycles. The van der Waals surface area contributed by atoms with Crippen molar-refractivity contribution < 1.29 is 29.3 Å². The molecule has 4 atom stereocenters. The van der Waals surface area contributed by atoms with Gasteiger partial charge < -0.3 is 24.5 Å². The van der Waals surface area contributed by atoms with Crippen LogP contribution in [-0.4, -0.2) is 73.7 Å². The Balaban J connectivity index is 1.54. The van der Waals surface area contributed by atoms with Crippen LogP contribution < -0.4 is 15.7 Å². The quantitative estimate of drug-likeness (QED) is 0.141. The maximum absolute atomic E-state index is 11.6. The van der Waals surface area contributed by atoms with Gasteiger partial charge in [-0.2, -0.15) is 9.97 Å². The van der Waals surface area contributed by atoms with E-state index in [9.17, 15) is 20.1 Å². The summed E-state index contributed by atoms with van der Waals surface area (Å²) in [4.78, 5) is 23.5. The molecule has 2 aromatic carbocycles. The minimum Gasteiger partial charge on any atom is -0.465 e. The van der Waals surface area contributed by atoms with Crippen LogP contribution in [-0.2, 0) is 9.16 Å². The number of amides is 1. The van der Waals surface area contributed by atoms with E-state index in [4.69, 9.17) is 27.2 Å². The summed E-state index contributed by atoms with van der Waals surface area (Å²) in [6, 6.07) is 19.9. The Morgan fingerprint density at radius 2 is 1.76 bits per heavy atom. The van der Waals surface area contributed by atoms with Crippen molar-refractivity contribution in [1.29, 1.82) is 0 Å². The number of ether oxygens (including phenoxy) is 1. The van der Waals surface area contributed by atoms with Crippen LogP contribution in [0, 0.1) is 12.3 Å². The molecule has 0 spiro atoms. The van der Waals surface area contributed by atoms with Gasteiger partial charge in [0.15, 0.2) is 28.8 Å². The topological polar surface area (TPSA) is 152 Å². The molecule has 1 amide bonds. The van der Waals surface area contributed by atoms with E-state index in [0.29, 0.717) is 0 Å². The molecule has 0 saturated carbocycles. The van der Waals surface area contributed by atoms with Gasteiger partial charge in [0, 0.05) is 0 Å². The molecule has 1 fully saturated rings. The van der Waals surface area contributed by atoms with Crippen molar-refractivity contribution in [2.75, 3.05) is 11.9 Å². The van der Waals surface area contributed by atoms with Crippen LogP contribution in [0.2, 0.25) is 10.3 Å². The lowest BCUT2D eigenvalue weighted by Gasteiger charge is -2.44. The lowest BCUT2D eigenvalue weighted by molar-refractivity contribution is -0.0572. The monoisotopic (exact) mass is 607 g/mol. The average Bonchev–Trinajstić information content (AvgIpc) is 3.48. The summed E-state index contributed by atoms with van der Waals surface area (Å²) in [7, 11) is -3.04. The fraction of sp³-hybridized carbons (Fsp3) is 0.310. The first-order valence-electron chi connectivity index (χ1n) is 13.1. The third kappa shape index (κ3) is 4.94. The molecule has 218 valence electrons. The molecular weight excluding hydrogens is 578 g/mol. The van der Waals surface area contributed by atoms with E-state index in [1.54, 1.807) is 0 Å². The van der Waals surface area contributed by atoms with Crippen molar-refractivity contribution in [3.8, 4) is 12.3 Å². The molecule has 0 unspecified atom stereocenters. The number of carbonyl (C=O) groups is 1. The molecule has 3 heterocycles. The molecule has 4 aromatic rings. The Bertz CT molecular complexity index is 1600. The van der Waals surface area contributed by atoms with Gasteiger partial charge in [0.05, 0.1) is 12.9 Å². The number of benzene rings is 2. The van der Waals surface area contributed by atoms with Crippen LogP contribution in [0.4, 0.5) is 10.6 Å². The smallest absolute Gasteiger partial charge is 0.410 e. The number of aromatic nitrogens is 4. The largest absolute Gasteiger partial charge is 0.465 e. The van der Waals surface area contributed by atoms with Gasteiger partial charge in [0.1, 0.15) is 12.2 Å². The number of aliphatic hydroxyl groups is 2. The number of terminal acetylenes is 1. The van der Waals surface area contributed by atoms with Crippen molar-refractivity contribution in [2.24, 2.45) is 0 Å². The molecule has 42 heavy (non-hydrogen) atoms. The minimum absolute atomic E-state index is 0.0638. The SMILES string of the molecule is C#C[C@@]1(O)[C@@H](CO[Si](c2ccccc2)(c2ccccc2)C(C)(C)C)O[C@@H](n2cnc3c(NC(=O)O)nc(Cl)nc32)[C@@H]1O. The number of imidazole rings is 1. The fourth-order valence-corrected chi connectivity index (χ4v) is 10.3. The molecule has 11 nitrogen and oxygen atoms in total. The van der Waals surface area contributed by atoms with E-state index in [-0.39, 0.29) is 33.9 Å². The second kappa shape index (κ2) is 11.1. The van der Waals surface area contributed by atoms with Gasteiger partial charge in [-0.3, -0.25) is 9.88 Å². The second-order valence-corrected chi connectivity index (χ2v) is 15.6. The molecule has 1 saturated heterocycles. The number of nitrogens with zero attached hydrogens (tertiary/aromatic N) is 4. The number of hydrogen-bond acceptors (Lipinski definition) is 8. The van der Waals surface area contributed by atoms with Crippen LogP contribution >= 0.6 is 11.6 Å². The summed E-state index contributed by atoms with van der Waals surface area (Å²) in [5.74, 6) is 2.17. The van der Waals surface area contributed by atoms with Crippen molar-refractivity contribution >= 4 is 53.4 Å². The zero-order chi connectivity index (χ0) is 30.3. The molecule has 1 aliphatic heterocycles. The highest BCUT2D eigenvalue weighted by Gasteiger charge is 2.58. The van der Waals surface area contributed by atoms with Crippen LogP contribution in [0.1, 0.15) is 27.0 Å². The number of halogens is 1. The number of nitrogens with one attached hydrogen (secondary N) is 1. The standard InChI is InChI=1S/C29H30ClN5O6Si/c1-5-29(39)20(16-40-42(28(2,3)4,18-12-8-6-9-13-18)19-14-10-7-11-15-19)41-25(22(29)36)35-17-31-21-23(33-27(37)38)32-26(30)34-24(21)35/h1,6-15,17,20,22,25,36,39H,16H2,2-4H3,(H,37,38)(H,32,33,34)/t20-,22+,25-,29-/m1/s1. The summed E-state index contributed by atoms with van der Waals surface area (Å²) in [6.45, 7) is 6.20. The summed E-state index contributed by atoms with van der Waals surface area (Å²) in [5.41, 5.74) is -2.02. The van der Waals surface area contributed by atoms with Gasteiger partial charge in [0.2, 0.25) is 5.28 Å². The molecule has 13 heteroatoms. The first-order valence-corrected chi connectivity index (χ1v) is 15.4. The van der Waals surface area contributed by atoms with Crippen molar-refractivity contribution in [3.63, 3.8) is 0 Å². The third-order valence-electron chi connectivity index (χ3n) is 7.51. The van der Waals surface area contributed by atoms with Gasteiger partial charge in [-0.1, -0.05) is 87.4 Å². The van der Waals surface area contributed by atoms with Crippen LogP contribution in [0.3, 0.4) is 0 Å². The van der Waals surface area contributed by atoms with Crippen LogP contribution in [0.25, 0.3) is 11.2 Å². The van der Waals surface area contributed by atoms with Gasteiger partial charge in [-0.15, -0.1) is 6.42 Å². The number of rotatable bonds is 7. The highest BCUT2D eigenvalue weighted by Crippen LogP contribution is 2.41. The van der Waals surface area contributed by atoms with E-state index >= 15 is 0 Å². The number of anilines is 1. The maximum atomic E-state index is 11.6. The molecule has 1 aliphatic rings. The van der Waals surface area contributed by atoms with Crippen LogP contribution in [0.5, 0.6) is 0 Å². The molecule has 5 rings (SSSR count). The predicted octanol–water partition coefficient (Wildman–Crippen LogP) is 2.77. The minimum atomic E-state index is -3.04. The molecule has 0 bridgehead atoms. The highest BCUT2D eigenvalue weighted by molar-refractivity contribution is 6.99. The number of aliphatic hydroxyl groups excluding tert-OH is 1. The average molecular weight is 608 g/mol. The Hall–Kier alpha value is -3.83. The maximum Gasteiger partial charge on any atom is 0.410 e. The summed E-state index contributed by atoms with van der Waals surface area (Å²) >= 11 is 6.05. The van der Waals surface area contributed by atoms with Crippen molar-refractivity contribution in [3.05, 3.63) is 72.3 Å². The van der Waals surface area contributed by atoms with Crippen molar-refractivity contribution in [1.82, 2.24) is 19.5 Å². The third-order valence-corrected chi connectivity index (χ3v) is 12.7. The first-order chi connectivity index (χ1) is 19.9. The number of hydrogen-bond donors (Lipinski definition) is 4. The fourth-order valence-electron chi connectivity index (χ4n) is 5.54. The van der Waals surface area contributed by atoms with Gasteiger partial charge in [-0.25, -0.2) is 9.78 Å². The second-order valence-electron chi connectivity index (χ2n) is 11.0. The van der Waals surface area contributed by atoms with Crippen molar-refractivity contribution in [2.45, 2.75) is 49.8 Å². The van der Waals surface area contributed by atoms with E-state index in [1.165, 1.54) is 10.9 Å². The Labute approximate surface area is 248 Å².